The molecule has 36 heavy (non-hydrogen) atoms. The molecule has 3 aromatic carbocycles. The molecular weight excluding hydrogens is 454 g/mol. The first-order valence-electron chi connectivity index (χ1n) is 11.6. The molecule has 0 atom stereocenters. The van der Waals surface area contributed by atoms with Gasteiger partial charge >= 0.3 is 0 Å². The first-order valence-corrected chi connectivity index (χ1v) is 11.6. The minimum absolute atomic E-state index is 0.127. The highest BCUT2D eigenvalue weighted by atomic mass is 16.5. The van der Waals surface area contributed by atoms with Crippen LogP contribution in [0.4, 0.5) is 11.4 Å². The molecule has 0 aliphatic rings. The van der Waals surface area contributed by atoms with E-state index in [2.05, 4.69) is 27.0 Å². The number of aromatic nitrogens is 1. The van der Waals surface area contributed by atoms with E-state index >= 15 is 0 Å². The van der Waals surface area contributed by atoms with Gasteiger partial charge in [0.1, 0.15) is 11.4 Å². The Morgan fingerprint density at radius 2 is 1.78 bits per heavy atom. The minimum Gasteiger partial charge on any atom is -0.494 e. The van der Waals surface area contributed by atoms with Gasteiger partial charge in [-0.05, 0) is 43.6 Å². The van der Waals surface area contributed by atoms with Crippen molar-refractivity contribution in [3.8, 4) is 5.75 Å². The number of hydrogen-bond donors (Lipinski definition) is 4. The topological polar surface area (TPSA) is 118 Å². The summed E-state index contributed by atoms with van der Waals surface area (Å²) < 4.78 is 5.45. The zero-order valence-corrected chi connectivity index (χ0v) is 20.5. The van der Waals surface area contributed by atoms with Crippen LogP contribution in [0.2, 0.25) is 0 Å². The van der Waals surface area contributed by atoms with Crippen molar-refractivity contribution in [2.75, 3.05) is 31.4 Å². The lowest BCUT2D eigenvalue weighted by Gasteiger charge is -2.12. The molecule has 1 aromatic heterocycles. The maximum atomic E-state index is 12.2. The van der Waals surface area contributed by atoms with E-state index in [9.17, 15) is 9.59 Å². The van der Waals surface area contributed by atoms with E-state index in [0.29, 0.717) is 28.9 Å². The molecule has 1 amide bonds. The van der Waals surface area contributed by atoms with E-state index < -0.39 is 0 Å². The van der Waals surface area contributed by atoms with Crippen LogP contribution >= 0.6 is 0 Å². The number of benzene rings is 3. The predicted molar refractivity (Wildman–Crippen MR) is 144 cm³/mol. The average molecular weight is 486 g/mol. The second-order valence-electron chi connectivity index (χ2n) is 7.78. The van der Waals surface area contributed by atoms with Crippen molar-refractivity contribution < 1.29 is 14.3 Å². The summed E-state index contributed by atoms with van der Waals surface area (Å²) >= 11 is 0. The number of rotatable bonds is 9. The van der Waals surface area contributed by atoms with Crippen LogP contribution in [0.15, 0.2) is 79.0 Å². The smallest absolute Gasteiger partial charge is 0.271 e. The largest absolute Gasteiger partial charge is 0.494 e. The Morgan fingerprint density at radius 3 is 2.53 bits per heavy atom. The standard InChI is InChI=1S/C18H16N4O2.C10H15NO/c19-15-7-3-6-14(10-23)17(15)21-11-22-18(24)16-8-12-4-1-2-5-13(12)9-20-16;1-3-12-10-7-5-4-6-9(10)8-11-2/h1-10,21H,11,19H2,(H,22,24);4-7,11H,3,8H2,1-2H3. The number of para-hydroxylation sites is 2. The second kappa shape index (κ2) is 13.5. The van der Waals surface area contributed by atoms with Crippen molar-refractivity contribution in [3.05, 3.63) is 95.8 Å². The number of nitrogens with zero attached hydrogens (tertiary/aromatic N) is 1. The first kappa shape index (κ1) is 26.2. The van der Waals surface area contributed by atoms with Gasteiger partial charge < -0.3 is 26.4 Å². The highest BCUT2D eigenvalue weighted by molar-refractivity contribution is 5.96. The molecule has 4 rings (SSSR count). The molecule has 0 bridgehead atoms. The third-order valence-corrected chi connectivity index (χ3v) is 5.27. The zero-order chi connectivity index (χ0) is 25.8. The van der Waals surface area contributed by atoms with E-state index in [1.165, 1.54) is 5.56 Å². The third-order valence-electron chi connectivity index (χ3n) is 5.27. The third kappa shape index (κ3) is 7.04. The van der Waals surface area contributed by atoms with Crippen LogP contribution in [0.1, 0.15) is 33.3 Å². The summed E-state index contributed by atoms with van der Waals surface area (Å²) in [5.41, 5.74) is 8.76. The van der Waals surface area contributed by atoms with Gasteiger partial charge in [-0.15, -0.1) is 0 Å². The molecule has 0 radical (unpaired) electrons. The monoisotopic (exact) mass is 485 g/mol. The number of pyridine rings is 1. The highest BCUT2D eigenvalue weighted by Gasteiger charge is 2.09. The number of amides is 1. The molecule has 0 aliphatic heterocycles. The number of ether oxygens (including phenoxy) is 1. The lowest BCUT2D eigenvalue weighted by atomic mass is 10.1. The van der Waals surface area contributed by atoms with Crippen molar-refractivity contribution in [1.82, 2.24) is 15.6 Å². The van der Waals surface area contributed by atoms with E-state index in [-0.39, 0.29) is 12.6 Å². The predicted octanol–water partition coefficient (Wildman–Crippen LogP) is 4.23. The first-order chi connectivity index (χ1) is 17.6. The SMILES string of the molecule is CCOc1ccccc1CNC.Nc1cccc(C=O)c1NCNC(=O)c1cc2ccccc2cn1. The van der Waals surface area contributed by atoms with Gasteiger partial charge in [-0.25, -0.2) is 0 Å². The molecule has 8 heteroatoms. The van der Waals surface area contributed by atoms with E-state index in [0.717, 1.165) is 29.7 Å². The van der Waals surface area contributed by atoms with Crippen molar-refractivity contribution in [2.45, 2.75) is 13.5 Å². The summed E-state index contributed by atoms with van der Waals surface area (Å²) in [5, 5.41) is 10.7. The lowest BCUT2D eigenvalue weighted by molar-refractivity contribution is 0.0951. The molecule has 8 nitrogen and oxygen atoms in total. The highest BCUT2D eigenvalue weighted by Crippen LogP contribution is 2.21. The Labute approximate surface area is 210 Å². The van der Waals surface area contributed by atoms with Crippen LogP contribution in [0, 0.1) is 0 Å². The summed E-state index contributed by atoms with van der Waals surface area (Å²) in [6, 6.07) is 22.5. The summed E-state index contributed by atoms with van der Waals surface area (Å²) in [5.74, 6) is 0.671. The molecule has 0 fully saturated rings. The van der Waals surface area contributed by atoms with Crippen LogP contribution in [0.5, 0.6) is 5.75 Å². The number of nitrogens with one attached hydrogen (secondary N) is 3. The fourth-order valence-electron chi connectivity index (χ4n) is 3.54. The van der Waals surface area contributed by atoms with Gasteiger partial charge in [-0.3, -0.25) is 14.6 Å². The Hall–Kier alpha value is -4.43. The van der Waals surface area contributed by atoms with Gasteiger partial charge in [0, 0.05) is 29.3 Å². The maximum absolute atomic E-state index is 12.2. The summed E-state index contributed by atoms with van der Waals surface area (Å²) in [7, 11) is 1.93. The van der Waals surface area contributed by atoms with Gasteiger partial charge in [-0.2, -0.15) is 0 Å². The number of hydrogen-bond acceptors (Lipinski definition) is 7. The summed E-state index contributed by atoms with van der Waals surface area (Å²) in [6.45, 7) is 3.70. The van der Waals surface area contributed by atoms with Crippen molar-refractivity contribution in [2.24, 2.45) is 0 Å². The lowest BCUT2D eigenvalue weighted by Crippen LogP contribution is -2.30. The number of carbonyl (C=O) groups is 2. The molecule has 0 aliphatic carbocycles. The van der Waals surface area contributed by atoms with Crippen LogP contribution < -0.4 is 26.4 Å². The minimum atomic E-state index is -0.310. The Bertz CT molecular complexity index is 1280. The molecule has 1 heterocycles. The Balaban J connectivity index is 0.000000253. The fraction of sp³-hybridized carbons (Fsp3) is 0.179. The zero-order valence-electron chi connectivity index (χ0n) is 20.5. The average Bonchev–Trinajstić information content (AvgIpc) is 2.91. The number of carbonyl (C=O) groups excluding carboxylic acids is 2. The number of nitrogens with two attached hydrogens (primary N) is 1. The Morgan fingerprint density at radius 1 is 1.03 bits per heavy atom. The van der Waals surface area contributed by atoms with Gasteiger partial charge in [0.25, 0.3) is 5.91 Å². The number of anilines is 2. The second-order valence-corrected chi connectivity index (χ2v) is 7.78. The van der Waals surface area contributed by atoms with E-state index in [4.69, 9.17) is 10.5 Å². The fourth-order valence-corrected chi connectivity index (χ4v) is 3.54. The van der Waals surface area contributed by atoms with Crippen LogP contribution in [-0.4, -0.2) is 37.5 Å². The molecule has 0 saturated carbocycles. The number of nitrogen functional groups attached to an aromatic ring is 1. The van der Waals surface area contributed by atoms with Gasteiger partial charge in [0.05, 0.1) is 24.7 Å². The van der Waals surface area contributed by atoms with E-state index in [1.54, 1.807) is 30.5 Å². The maximum Gasteiger partial charge on any atom is 0.271 e. The van der Waals surface area contributed by atoms with E-state index in [1.807, 2.05) is 56.4 Å². The van der Waals surface area contributed by atoms with Gasteiger partial charge in [-0.1, -0.05) is 48.5 Å². The van der Waals surface area contributed by atoms with Crippen molar-refractivity contribution >= 4 is 34.3 Å². The molecular formula is C28H31N5O3. The van der Waals surface area contributed by atoms with Crippen LogP contribution in [-0.2, 0) is 6.54 Å². The summed E-state index contributed by atoms with van der Waals surface area (Å²) in [4.78, 5) is 27.4. The van der Waals surface area contributed by atoms with Crippen LogP contribution in [0.25, 0.3) is 10.8 Å². The van der Waals surface area contributed by atoms with Crippen LogP contribution in [0.3, 0.4) is 0 Å². The quantitative estimate of drug-likeness (QED) is 0.159. The molecule has 4 aromatic rings. The normalized spacial score (nSPS) is 10.2. The molecule has 5 N–H and O–H groups in total. The molecule has 186 valence electrons. The van der Waals surface area contributed by atoms with Crippen molar-refractivity contribution in [1.29, 1.82) is 0 Å². The van der Waals surface area contributed by atoms with Gasteiger partial charge in [0.2, 0.25) is 0 Å². The molecule has 0 saturated heterocycles. The Kier molecular flexibility index (Phi) is 9.79. The molecule has 0 spiro atoms. The summed E-state index contributed by atoms with van der Waals surface area (Å²) in [6.07, 6.45) is 2.38. The number of fused-ring (bicyclic) bond motifs is 1. The van der Waals surface area contributed by atoms with Crippen molar-refractivity contribution in [3.63, 3.8) is 0 Å². The number of aldehydes is 1. The van der Waals surface area contributed by atoms with Gasteiger partial charge in [0.15, 0.2) is 6.29 Å². The molecule has 0 unspecified atom stereocenters.